The van der Waals surface area contributed by atoms with Crippen LogP contribution >= 0.6 is 11.6 Å². The van der Waals surface area contributed by atoms with Crippen LogP contribution in [0.5, 0.6) is 0 Å². The first kappa shape index (κ1) is 26.3. The van der Waals surface area contributed by atoms with Crippen molar-refractivity contribution in [3.8, 4) is 0 Å². The maximum Gasteiger partial charge on any atom is 0.325 e. The molecule has 9 nitrogen and oxygen atoms in total. The number of hydrogen-bond acceptors (Lipinski definition) is 6. The van der Waals surface area contributed by atoms with Gasteiger partial charge in [0.05, 0.1) is 15.6 Å². The average Bonchev–Trinajstić information content (AvgIpc) is 2.78. The van der Waals surface area contributed by atoms with E-state index in [0.29, 0.717) is 23.8 Å². The summed E-state index contributed by atoms with van der Waals surface area (Å²) in [5.41, 5.74) is 1.50. The van der Waals surface area contributed by atoms with Gasteiger partial charge in [-0.05, 0) is 48.9 Å². The number of aryl methyl sites for hydroxylation is 1. The zero-order valence-corrected chi connectivity index (χ0v) is 20.1. The van der Waals surface area contributed by atoms with Gasteiger partial charge in [-0.1, -0.05) is 31.5 Å². The Labute approximate surface area is 198 Å². The first-order valence-corrected chi connectivity index (χ1v) is 12.0. The number of halogens is 1. The summed E-state index contributed by atoms with van der Waals surface area (Å²) in [6.07, 6.45) is 0. The van der Waals surface area contributed by atoms with Crippen LogP contribution in [0.15, 0.2) is 47.4 Å². The number of esters is 1. The van der Waals surface area contributed by atoms with E-state index in [1.165, 1.54) is 28.6 Å². The highest BCUT2D eigenvalue weighted by molar-refractivity contribution is 7.89. The van der Waals surface area contributed by atoms with Crippen LogP contribution < -0.4 is 10.6 Å². The summed E-state index contributed by atoms with van der Waals surface area (Å²) in [4.78, 5) is 36.1. The van der Waals surface area contributed by atoms with E-state index in [9.17, 15) is 22.8 Å². The summed E-state index contributed by atoms with van der Waals surface area (Å²) in [6.45, 7) is 4.99. The molecule has 0 aliphatic heterocycles. The highest BCUT2D eigenvalue weighted by Gasteiger charge is 2.21. The third kappa shape index (κ3) is 7.28. The quantitative estimate of drug-likeness (QED) is 0.488. The number of sulfonamides is 1. The monoisotopic (exact) mass is 495 g/mol. The fraction of sp³-hybridized carbons (Fsp3) is 0.318. The second-order valence-corrected chi connectivity index (χ2v) is 9.33. The number of carbonyl (C=O) groups is 3. The molecule has 0 aliphatic rings. The van der Waals surface area contributed by atoms with Crippen molar-refractivity contribution >= 4 is 45.1 Å². The van der Waals surface area contributed by atoms with Crippen LogP contribution in [0, 0.1) is 6.92 Å². The number of hydrogen-bond donors (Lipinski definition) is 2. The van der Waals surface area contributed by atoms with Gasteiger partial charge in [0, 0.05) is 18.7 Å². The smallest absolute Gasteiger partial charge is 0.325 e. The van der Waals surface area contributed by atoms with Crippen LogP contribution in [0.3, 0.4) is 0 Å². The van der Waals surface area contributed by atoms with Crippen molar-refractivity contribution in [2.24, 2.45) is 0 Å². The largest absolute Gasteiger partial charge is 0.454 e. The van der Waals surface area contributed by atoms with Crippen molar-refractivity contribution in [1.82, 2.24) is 9.62 Å². The molecule has 33 heavy (non-hydrogen) atoms. The zero-order chi connectivity index (χ0) is 24.6. The highest BCUT2D eigenvalue weighted by Crippen LogP contribution is 2.22. The number of nitrogens with zero attached hydrogens (tertiary/aromatic N) is 1. The van der Waals surface area contributed by atoms with E-state index in [1.807, 2.05) is 6.92 Å². The summed E-state index contributed by atoms with van der Waals surface area (Å²) in [6, 6.07) is 10.5. The maximum absolute atomic E-state index is 12.5. The van der Waals surface area contributed by atoms with E-state index in [4.69, 9.17) is 16.3 Å². The molecule has 2 aromatic rings. The molecule has 0 saturated carbocycles. The summed E-state index contributed by atoms with van der Waals surface area (Å²) in [5, 5.41) is 5.25. The number of carbonyl (C=O) groups excluding carboxylic acids is 3. The lowest BCUT2D eigenvalue weighted by Gasteiger charge is -2.18. The number of rotatable bonds is 10. The van der Waals surface area contributed by atoms with Crippen molar-refractivity contribution in [2.45, 2.75) is 25.7 Å². The average molecular weight is 496 g/mol. The lowest BCUT2D eigenvalue weighted by atomic mass is 10.2. The van der Waals surface area contributed by atoms with Gasteiger partial charge in [0.25, 0.3) is 11.8 Å². The number of benzene rings is 2. The second-order valence-electron chi connectivity index (χ2n) is 6.99. The third-order valence-electron chi connectivity index (χ3n) is 4.62. The van der Waals surface area contributed by atoms with Gasteiger partial charge in [-0.3, -0.25) is 14.4 Å². The van der Waals surface area contributed by atoms with Gasteiger partial charge in [-0.15, -0.1) is 0 Å². The molecule has 0 aromatic heterocycles. The molecule has 0 unspecified atom stereocenters. The molecular weight excluding hydrogens is 470 g/mol. The molecule has 0 aliphatic carbocycles. The fourth-order valence-corrected chi connectivity index (χ4v) is 4.59. The predicted molar refractivity (Wildman–Crippen MR) is 125 cm³/mol. The van der Waals surface area contributed by atoms with E-state index < -0.39 is 41.0 Å². The number of anilines is 1. The Kier molecular flexibility index (Phi) is 9.39. The molecule has 0 saturated heterocycles. The van der Waals surface area contributed by atoms with Crippen molar-refractivity contribution < 1.29 is 27.5 Å². The summed E-state index contributed by atoms with van der Waals surface area (Å²) in [7, 11) is -3.63. The maximum atomic E-state index is 12.5. The van der Waals surface area contributed by atoms with Crippen LogP contribution in [0.2, 0.25) is 5.02 Å². The van der Waals surface area contributed by atoms with E-state index in [1.54, 1.807) is 32.0 Å². The van der Waals surface area contributed by atoms with Crippen LogP contribution in [0.1, 0.15) is 29.8 Å². The molecule has 2 rings (SSSR count). The van der Waals surface area contributed by atoms with E-state index in [-0.39, 0.29) is 10.5 Å². The first-order chi connectivity index (χ1) is 15.6. The third-order valence-corrected chi connectivity index (χ3v) is 6.99. The Morgan fingerprint density at radius 3 is 2.24 bits per heavy atom. The van der Waals surface area contributed by atoms with Gasteiger partial charge in [-0.25, -0.2) is 8.42 Å². The molecule has 0 spiro atoms. The zero-order valence-electron chi connectivity index (χ0n) is 18.6. The Balaban J connectivity index is 1.84. The normalized spacial score (nSPS) is 11.2. The fourth-order valence-electron chi connectivity index (χ4n) is 2.85. The van der Waals surface area contributed by atoms with Gasteiger partial charge in [0.1, 0.15) is 6.54 Å². The van der Waals surface area contributed by atoms with E-state index >= 15 is 0 Å². The lowest BCUT2D eigenvalue weighted by Crippen LogP contribution is -2.32. The second kappa shape index (κ2) is 11.8. The molecule has 0 bridgehead atoms. The van der Waals surface area contributed by atoms with E-state index in [0.717, 1.165) is 5.56 Å². The van der Waals surface area contributed by atoms with Crippen LogP contribution in [0.4, 0.5) is 5.69 Å². The number of ether oxygens (including phenoxy) is 1. The minimum atomic E-state index is -3.63. The van der Waals surface area contributed by atoms with Crippen LogP contribution in [-0.2, 0) is 24.3 Å². The topological polar surface area (TPSA) is 122 Å². The standard InChI is InChI=1S/C22H26ClN3O6S/c1-4-26(5-2)33(30,31)17-9-7-16(8-10-17)22(29)24-13-21(28)32-14-20(27)25-19-11-6-15(3)12-18(19)23/h6-12H,4-5,13-14H2,1-3H3,(H,24,29)(H,25,27). The molecule has 11 heteroatoms. The Morgan fingerprint density at radius 1 is 1.03 bits per heavy atom. The predicted octanol–water partition coefficient (Wildman–Crippen LogP) is 2.59. The van der Waals surface area contributed by atoms with Crippen molar-refractivity contribution in [3.63, 3.8) is 0 Å². The van der Waals surface area contributed by atoms with Gasteiger partial charge in [0.15, 0.2) is 6.61 Å². The molecular formula is C22H26ClN3O6S. The van der Waals surface area contributed by atoms with Crippen molar-refractivity contribution in [2.75, 3.05) is 31.6 Å². The molecule has 0 radical (unpaired) electrons. The first-order valence-electron chi connectivity index (χ1n) is 10.2. The molecule has 0 fully saturated rings. The molecule has 2 N–H and O–H groups in total. The molecule has 0 heterocycles. The molecule has 0 atom stereocenters. The van der Waals surface area contributed by atoms with Gasteiger partial charge in [0.2, 0.25) is 10.0 Å². The summed E-state index contributed by atoms with van der Waals surface area (Å²) < 4.78 is 31.1. The number of amides is 2. The Hall–Kier alpha value is -2.95. The Morgan fingerprint density at radius 2 is 1.67 bits per heavy atom. The molecule has 2 aromatic carbocycles. The molecule has 2 amide bonds. The Bertz CT molecular complexity index is 1120. The van der Waals surface area contributed by atoms with Gasteiger partial charge >= 0.3 is 5.97 Å². The van der Waals surface area contributed by atoms with Crippen LogP contribution in [-0.4, -0.2) is 56.7 Å². The summed E-state index contributed by atoms with van der Waals surface area (Å²) in [5.74, 6) is -1.98. The van der Waals surface area contributed by atoms with Crippen LogP contribution in [0.25, 0.3) is 0 Å². The SMILES string of the molecule is CCN(CC)S(=O)(=O)c1ccc(C(=O)NCC(=O)OCC(=O)Nc2ccc(C)cc2Cl)cc1. The highest BCUT2D eigenvalue weighted by atomic mass is 35.5. The lowest BCUT2D eigenvalue weighted by molar-refractivity contribution is -0.146. The minimum Gasteiger partial charge on any atom is -0.454 e. The van der Waals surface area contributed by atoms with E-state index in [2.05, 4.69) is 10.6 Å². The van der Waals surface area contributed by atoms with Crippen molar-refractivity contribution in [3.05, 3.63) is 58.6 Å². The molecule has 178 valence electrons. The number of nitrogens with one attached hydrogen (secondary N) is 2. The minimum absolute atomic E-state index is 0.0712. The summed E-state index contributed by atoms with van der Waals surface area (Å²) >= 11 is 6.04. The van der Waals surface area contributed by atoms with Gasteiger partial charge < -0.3 is 15.4 Å². The van der Waals surface area contributed by atoms with Gasteiger partial charge in [-0.2, -0.15) is 4.31 Å². The van der Waals surface area contributed by atoms with Crippen molar-refractivity contribution in [1.29, 1.82) is 0 Å².